The van der Waals surface area contributed by atoms with Crippen molar-refractivity contribution in [2.24, 2.45) is 0 Å². The number of esters is 1. The van der Waals surface area contributed by atoms with Gasteiger partial charge in [0.1, 0.15) is 18.3 Å². The molecular weight excluding hydrogens is 354 g/mol. The lowest BCUT2D eigenvalue weighted by atomic mass is 10.2. The number of aromatic nitrogens is 2. The van der Waals surface area contributed by atoms with Crippen LogP contribution in [0.3, 0.4) is 0 Å². The van der Waals surface area contributed by atoms with Gasteiger partial charge in [0.2, 0.25) is 5.91 Å². The molecule has 2 aromatic rings. The summed E-state index contributed by atoms with van der Waals surface area (Å²) < 4.78 is 6.86. The van der Waals surface area contributed by atoms with Crippen molar-refractivity contribution in [3.05, 3.63) is 46.0 Å². The topological polar surface area (TPSA) is 81.0 Å². The summed E-state index contributed by atoms with van der Waals surface area (Å²) in [7, 11) is 0. The van der Waals surface area contributed by atoms with E-state index in [9.17, 15) is 14.4 Å². The van der Waals surface area contributed by atoms with Crippen LogP contribution in [0.15, 0.2) is 29.2 Å². The Kier molecular flexibility index (Phi) is 4.02. The van der Waals surface area contributed by atoms with E-state index in [1.165, 1.54) is 10.5 Å². The predicted molar refractivity (Wildman–Crippen MR) is 96.7 cm³/mol. The van der Waals surface area contributed by atoms with Gasteiger partial charge < -0.3 is 9.64 Å². The van der Waals surface area contributed by atoms with Gasteiger partial charge >= 0.3 is 5.97 Å². The summed E-state index contributed by atoms with van der Waals surface area (Å²) in [5.41, 5.74) is 1.59. The number of thioether (sulfide) groups is 1. The summed E-state index contributed by atoms with van der Waals surface area (Å²) in [4.78, 5) is 42.6. The fourth-order valence-corrected chi connectivity index (χ4v) is 5.04. The number of pyridine rings is 1. The molecule has 26 heavy (non-hydrogen) atoms. The smallest absolute Gasteiger partial charge is 0.330 e. The zero-order valence-corrected chi connectivity index (χ0v) is 15.4. The standard InChI is InChI=1S/C18H19N3O4S/c1-11-4-3-7-20-15(23)8-12(19-16(11)20)9-25-17(24)13-10-26-18(2)6-5-14(22)21(13)18/h3-4,7-8,13H,5-6,9-10H2,1-2H3/t13-,18-/m1/s1. The Hall–Kier alpha value is -2.35. The zero-order valence-electron chi connectivity index (χ0n) is 14.6. The molecule has 2 aliphatic rings. The number of amides is 1. The normalized spacial score (nSPS) is 24.9. The molecule has 0 aromatic carbocycles. The van der Waals surface area contributed by atoms with Gasteiger partial charge in [-0.25, -0.2) is 9.78 Å². The molecule has 4 rings (SSSR count). The summed E-state index contributed by atoms with van der Waals surface area (Å²) >= 11 is 1.62. The van der Waals surface area contributed by atoms with E-state index in [1.807, 2.05) is 19.9 Å². The van der Waals surface area contributed by atoms with Gasteiger partial charge in [0.25, 0.3) is 5.56 Å². The molecule has 2 fully saturated rings. The number of rotatable bonds is 3. The van der Waals surface area contributed by atoms with Crippen LogP contribution in [-0.4, -0.2) is 42.8 Å². The van der Waals surface area contributed by atoms with Gasteiger partial charge in [-0.05, 0) is 31.9 Å². The van der Waals surface area contributed by atoms with Gasteiger partial charge in [-0.1, -0.05) is 6.07 Å². The highest BCUT2D eigenvalue weighted by atomic mass is 32.2. The molecule has 136 valence electrons. The van der Waals surface area contributed by atoms with Crippen LogP contribution < -0.4 is 5.56 Å². The van der Waals surface area contributed by atoms with Crippen LogP contribution in [0.5, 0.6) is 0 Å². The third-order valence-electron chi connectivity index (χ3n) is 5.02. The molecule has 0 aliphatic carbocycles. The SMILES string of the molecule is Cc1cccn2c(=O)cc(COC(=O)[C@H]3CS[C@]4(C)CCC(=O)N34)nc12. The lowest BCUT2D eigenvalue weighted by molar-refractivity contribution is -0.154. The van der Waals surface area contributed by atoms with Crippen LogP contribution in [0.1, 0.15) is 31.0 Å². The largest absolute Gasteiger partial charge is 0.458 e. The molecule has 0 bridgehead atoms. The highest BCUT2D eigenvalue weighted by Gasteiger charge is 2.53. The molecule has 4 heterocycles. The second-order valence-corrected chi connectivity index (χ2v) is 8.35. The van der Waals surface area contributed by atoms with Crippen molar-refractivity contribution < 1.29 is 14.3 Å². The third kappa shape index (κ3) is 2.68. The zero-order chi connectivity index (χ0) is 18.5. The number of ether oxygens (including phenoxy) is 1. The minimum atomic E-state index is -0.566. The summed E-state index contributed by atoms with van der Waals surface area (Å²) in [5, 5.41) is 0. The number of hydrogen-bond donors (Lipinski definition) is 0. The molecular formula is C18H19N3O4S. The fraction of sp³-hybridized carbons (Fsp3) is 0.444. The van der Waals surface area contributed by atoms with Gasteiger partial charge in [-0.15, -0.1) is 11.8 Å². The average molecular weight is 373 g/mol. The first kappa shape index (κ1) is 17.1. The quantitative estimate of drug-likeness (QED) is 0.759. The van der Waals surface area contributed by atoms with E-state index in [4.69, 9.17) is 4.74 Å². The molecule has 2 atom stereocenters. The van der Waals surface area contributed by atoms with Crippen molar-refractivity contribution in [2.75, 3.05) is 5.75 Å². The van der Waals surface area contributed by atoms with Crippen molar-refractivity contribution in [3.8, 4) is 0 Å². The Bertz CT molecular complexity index is 973. The van der Waals surface area contributed by atoms with Crippen molar-refractivity contribution in [1.82, 2.24) is 14.3 Å². The Morgan fingerprint density at radius 1 is 1.46 bits per heavy atom. The van der Waals surface area contributed by atoms with Gasteiger partial charge in [-0.2, -0.15) is 0 Å². The van der Waals surface area contributed by atoms with E-state index in [0.717, 1.165) is 12.0 Å². The van der Waals surface area contributed by atoms with E-state index in [2.05, 4.69) is 4.98 Å². The molecule has 7 nitrogen and oxygen atoms in total. The number of nitrogens with zero attached hydrogens (tertiary/aromatic N) is 3. The highest BCUT2D eigenvalue weighted by molar-refractivity contribution is 8.01. The monoisotopic (exact) mass is 373 g/mol. The number of fused-ring (bicyclic) bond motifs is 2. The van der Waals surface area contributed by atoms with E-state index in [0.29, 0.717) is 23.5 Å². The van der Waals surface area contributed by atoms with Crippen LogP contribution in [-0.2, 0) is 20.9 Å². The summed E-state index contributed by atoms with van der Waals surface area (Å²) in [6.45, 7) is 3.77. The highest BCUT2D eigenvalue weighted by Crippen LogP contribution is 2.47. The van der Waals surface area contributed by atoms with Gasteiger partial charge in [0.15, 0.2) is 0 Å². The van der Waals surface area contributed by atoms with Crippen molar-refractivity contribution in [3.63, 3.8) is 0 Å². The molecule has 0 saturated carbocycles. The fourth-order valence-electron chi connectivity index (χ4n) is 3.62. The maximum Gasteiger partial charge on any atom is 0.330 e. The molecule has 2 aromatic heterocycles. The first-order valence-corrected chi connectivity index (χ1v) is 9.48. The number of aryl methyl sites for hydroxylation is 1. The van der Waals surface area contributed by atoms with E-state index >= 15 is 0 Å². The maximum atomic E-state index is 12.5. The van der Waals surface area contributed by atoms with Crippen LogP contribution in [0.2, 0.25) is 0 Å². The van der Waals surface area contributed by atoms with Crippen LogP contribution in [0, 0.1) is 6.92 Å². The number of carbonyl (C=O) groups excluding carboxylic acids is 2. The van der Waals surface area contributed by atoms with E-state index < -0.39 is 12.0 Å². The van der Waals surface area contributed by atoms with Gasteiger partial charge in [-0.3, -0.25) is 14.0 Å². The predicted octanol–water partition coefficient (Wildman–Crippen LogP) is 1.50. The lowest BCUT2D eigenvalue weighted by Gasteiger charge is -2.29. The minimum absolute atomic E-state index is 0.00264. The maximum absolute atomic E-state index is 12.5. The number of carbonyl (C=O) groups is 2. The second kappa shape index (κ2) is 6.12. The Labute approximate surface area is 154 Å². The molecule has 0 spiro atoms. The van der Waals surface area contributed by atoms with Gasteiger partial charge in [0, 0.05) is 24.4 Å². The second-order valence-electron chi connectivity index (χ2n) is 6.84. The summed E-state index contributed by atoms with van der Waals surface area (Å²) in [5.74, 6) is 0.0916. The first-order valence-electron chi connectivity index (χ1n) is 8.50. The molecule has 8 heteroatoms. The van der Waals surface area contributed by atoms with Crippen molar-refractivity contribution in [1.29, 1.82) is 0 Å². The van der Waals surface area contributed by atoms with Crippen LogP contribution >= 0.6 is 11.8 Å². The molecule has 1 amide bonds. The number of hydrogen-bond acceptors (Lipinski definition) is 6. The van der Waals surface area contributed by atoms with Gasteiger partial charge in [0.05, 0.1) is 10.6 Å². The molecule has 2 saturated heterocycles. The summed E-state index contributed by atoms with van der Waals surface area (Å²) in [6, 6.07) is 4.46. The third-order valence-corrected chi connectivity index (χ3v) is 6.52. The molecule has 0 N–H and O–H groups in total. The van der Waals surface area contributed by atoms with Crippen LogP contribution in [0.25, 0.3) is 5.65 Å². The summed E-state index contributed by atoms with van der Waals surface area (Å²) in [6.07, 6.45) is 2.88. The van der Waals surface area contributed by atoms with Crippen molar-refractivity contribution in [2.45, 2.75) is 44.2 Å². The molecule has 0 radical (unpaired) electrons. The Morgan fingerprint density at radius 2 is 2.27 bits per heavy atom. The Morgan fingerprint density at radius 3 is 3.08 bits per heavy atom. The molecule has 0 unspecified atom stereocenters. The lowest BCUT2D eigenvalue weighted by Crippen LogP contribution is -2.46. The van der Waals surface area contributed by atoms with Crippen LogP contribution in [0.4, 0.5) is 0 Å². The molecule has 2 aliphatic heterocycles. The van der Waals surface area contributed by atoms with E-state index in [-0.39, 0.29) is 22.9 Å². The van der Waals surface area contributed by atoms with E-state index in [1.54, 1.807) is 28.9 Å². The minimum Gasteiger partial charge on any atom is -0.458 e. The first-order chi connectivity index (χ1) is 12.4. The Balaban J connectivity index is 1.52. The average Bonchev–Trinajstić information content (AvgIpc) is 3.10. The van der Waals surface area contributed by atoms with Crippen molar-refractivity contribution >= 4 is 29.3 Å².